The van der Waals surface area contributed by atoms with Crippen LogP contribution in [-0.2, 0) is 6.54 Å². The number of carbonyl (C=O) groups is 1. The highest BCUT2D eigenvalue weighted by atomic mass is 16.2. The molecule has 0 bridgehead atoms. The van der Waals surface area contributed by atoms with Crippen molar-refractivity contribution >= 4 is 5.91 Å². The van der Waals surface area contributed by atoms with Gasteiger partial charge in [0, 0.05) is 13.1 Å². The minimum atomic E-state index is -0.350. The molecule has 1 amide bonds. The molecule has 0 atom stereocenters. The number of nitrogens with two attached hydrogens (primary N) is 1. The molecule has 1 saturated carbocycles. The summed E-state index contributed by atoms with van der Waals surface area (Å²) in [5, 5.41) is 0. The number of carbonyl (C=O) groups excluding carboxylic acids is 1. The second-order valence-corrected chi connectivity index (χ2v) is 4.63. The maximum atomic E-state index is 11.3. The van der Waals surface area contributed by atoms with Gasteiger partial charge in [-0.15, -0.1) is 0 Å². The Kier molecular flexibility index (Phi) is 3.71. The first-order chi connectivity index (χ1) is 8.19. The van der Waals surface area contributed by atoms with E-state index in [1.165, 1.54) is 12.8 Å². The first kappa shape index (κ1) is 12.0. The fourth-order valence-electron chi connectivity index (χ4n) is 1.85. The standard InChI is InChI=1S/C12H18N4O/c1-16(7-9-5-6-9)8-10-3-2-4-11(14-10)12(17)15-13/h2-4,9H,5-8,13H2,1H3,(H,15,17). The van der Waals surface area contributed by atoms with E-state index >= 15 is 0 Å². The van der Waals surface area contributed by atoms with E-state index in [0.717, 1.165) is 24.7 Å². The number of nitrogens with zero attached hydrogens (tertiary/aromatic N) is 2. The number of rotatable bonds is 5. The summed E-state index contributed by atoms with van der Waals surface area (Å²) in [6.07, 6.45) is 2.68. The molecule has 0 saturated heterocycles. The molecule has 0 aromatic carbocycles. The van der Waals surface area contributed by atoms with Crippen molar-refractivity contribution in [3.8, 4) is 0 Å². The largest absolute Gasteiger partial charge is 0.300 e. The molecule has 0 unspecified atom stereocenters. The number of amides is 1. The molecular weight excluding hydrogens is 216 g/mol. The number of hydrogen-bond donors (Lipinski definition) is 2. The average molecular weight is 234 g/mol. The van der Waals surface area contributed by atoms with Gasteiger partial charge in [0.2, 0.25) is 0 Å². The van der Waals surface area contributed by atoms with Gasteiger partial charge < -0.3 is 4.90 Å². The monoisotopic (exact) mass is 234 g/mol. The second kappa shape index (κ2) is 5.25. The molecule has 1 heterocycles. The Bertz CT molecular complexity index is 403. The number of nitrogens with one attached hydrogen (secondary N) is 1. The van der Waals surface area contributed by atoms with E-state index in [4.69, 9.17) is 5.84 Å². The number of pyridine rings is 1. The van der Waals surface area contributed by atoms with E-state index in [-0.39, 0.29) is 5.91 Å². The van der Waals surface area contributed by atoms with E-state index in [9.17, 15) is 4.79 Å². The number of aromatic nitrogens is 1. The van der Waals surface area contributed by atoms with Gasteiger partial charge >= 0.3 is 0 Å². The van der Waals surface area contributed by atoms with Crippen LogP contribution in [0.25, 0.3) is 0 Å². The fraction of sp³-hybridized carbons (Fsp3) is 0.500. The van der Waals surface area contributed by atoms with Crippen LogP contribution in [0.3, 0.4) is 0 Å². The van der Waals surface area contributed by atoms with Gasteiger partial charge in [0.25, 0.3) is 5.91 Å². The maximum Gasteiger partial charge on any atom is 0.283 e. The van der Waals surface area contributed by atoms with E-state index in [2.05, 4.69) is 22.4 Å². The minimum absolute atomic E-state index is 0.350. The first-order valence-corrected chi connectivity index (χ1v) is 5.84. The van der Waals surface area contributed by atoms with Crippen LogP contribution < -0.4 is 11.3 Å². The third kappa shape index (κ3) is 3.51. The molecule has 5 nitrogen and oxygen atoms in total. The summed E-state index contributed by atoms with van der Waals surface area (Å²) in [6.45, 7) is 1.87. The van der Waals surface area contributed by atoms with Crippen LogP contribution in [0.4, 0.5) is 0 Å². The molecule has 0 radical (unpaired) electrons. The molecule has 0 aliphatic heterocycles. The van der Waals surface area contributed by atoms with Crippen LogP contribution in [-0.4, -0.2) is 29.4 Å². The summed E-state index contributed by atoms with van der Waals surface area (Å²) < 4.78 is 0. The predicted octanol–water partition coefficient (Wildman–Crippen LogP) is 0.527. The Hall–Kier alpha value is -1.46. The lowest BCUT2D eigenvalue weighted by atomic mass is 10.2. The Balaban J connectivity index is 1.97. The van der Waals surface area contributed by atoms with Crippen molar-refractivity contribution in [2.45, 2.75) is 19.4 Å². The highest BCUT2D eigenvalue weighted by molar-refractivity contribution is 5.91. The number of nitrogen functional groups attached to an aromatic ring is 1. The van der Waals surface area contributed by atoms with Gasteiger partial charge in [0.05, 0.1) is 5.69 Å². The van der Waals surface area contributed by atoms with Gasteiger partial charge in [-0.25, -0.2) is 10.8 Å². The third-order valence-electron chi connectivity index (χ3n) is 2.87. The van der Waals surface area contributed by atoms with Crippen molar-refractivity contribution in [1.29, 1.82) is 0 Å². The molecule has 92 valence electrons. The van der Waals surface area contributed by atoms with Crippen molar-refractivity contribution in [2.75, 3.05) is 13.6 Å². The average Bonchev–Trinajstić information content (AvgIpc) is 3.12. The summed E-state index contributed by atoms with van der Waals surface area (Å²) in [4.78, 5) is 17.8. The van der Waals surface area contributed by atoms with Gasteiger partial charge in [0.1, 0.15) is 5.69 Å². The van der Waals surface area contributed by atoms with Gasteiger partial charge in [-0.05, 0) is 37.9 Å². The lowest BCUT2D eigenvalue weighted by molar-refractivity contribution is 0.0948. The molecular formula is C12H18N4O. The van der Waals surface area contributed by atoms with E-state index < -0.39 is 0 Å². The van der Waals surface area contributed by atoms with Crippen LogP contribution in [0, 0.1) is 5.92 Å². The van der Waals surface area contributed by atoms with Crippen molar-refractivity contribution in [1.82, 2.24) is 15.3 Å². The smallest absolute Gasteiger partial charge is 0.283 e. The summed E-state index contributed by atoms with van der Waals surface area (Å²) in [5.74, 6) is 5.59. The molecule has 3 N–H and O–H groups in total. The molecule has 1 aromatic heterocycles. The van der Waals surface area contributed by atoms with E-state index in [1.54, 1.807) is 6.07 Å². The Morgan fingerprint density at radius 3 is 3.00 bits per heavy atom. The molecule has 0 spiro atoms. The van der Waals surface area contributed by atoms with Gasteiger partial charge in [-0.3, -0.25) is 10.2 Å². The summed E-state index contributed by atoms with van der Waals surface area (Å²) in [5.41, 5.74) is 3.35. The van der Waals surface area contributed by atoms with Crippen LogP contribution >= 0.6 is 0 Å². The maximum absolute atomic E-state index is 11.3. The zero-order chi connectivity index (χ0) is 12.3. The van der Waals surface area contributed by atoms with Crippen LogP contribution in [0.15, 0.2) is 18.2 Å². The lowest BCUT2D eigenvalue weighted by Gasteiger charge is -2.15. The quantitative estimate of drug-likeness (QED) is 0.443. The predicted molar refractivity (Wildman–Crippen MR) is 64.9 cm³/mol. The topological polar surface area (TPSA) is 71.2 Å². The number of hydrazine groups is 1. The van der Waals surface area contributed by atoms with Crippen molar-refractivity contribution < 1.29 is 4.79 Å². The highest BCUT2D eigenvalue weighted by Crippen LogP contribution is 2.29. The van der Waals surface area contributed by atoms with E-state index in [1.807, 2.05) is 12.1 Å². The highest BCUT2D eigenvalue weighted by Gasteiger charge is 2.22. The molecule has 5 heteroatoms. The minimum Gasteiger partial charge on any atom is -0.300 e. The van der Waals surface area contributed by atoms with Crippen LogP contribution in [0.2, 0.25) is 0 Å². The fourth-order valence-corrected chi connectivity index (χ4v) is 1.85. The van der Waals surface area contributed by atoms with Crippen LogP contribution in [0.5, 0.6) is 0 Å². The summed E-state index contributed by atoms with van der Waals surface area (Å²) >= 11 is 0. The summed E-state index contributed by atoms with van der Waals surface area (Å²) in [7, 11) is 2.08. The zero-order valence-corrected chi connectivity index (χ0v) is 10.0. The van der Waals surface area contributed by atoms with Gasteiger partial charge in [-0.2, -0.15) is 0 Å². The molecule has 1 fully saturated rings. The van der Waals surface area contributed by atoms with Crippen molar-refractivity contribution in [2.24, 2.45) is 11.8 Å². The molecule has 17 heavy (non-hydrogen) atoms. The third-order valence-corrected chi connectivity index (χ3v) is 2.87. The molecule has 2 rings (SSSR count). The zero-order valence-electron chi connectivity index (χ0n) is 10.0. The van der Waals surface area contributed by atoms with E-state index in [0.29, 0.717) is 5.69 Å². The lowest BCUT2D eigenvalue weighted by Crippen LogP contribution is -2.31. The Labute approximate surface area is 101 Å². The molecule has 1 aliphatic carbocycles. The molecule has 1 aromatic rings. The number of hydrogen-bond acceptors (Lipinski definition) is 4. The van der Waals surface area contributed by atoms with Gasteiger partial charge in [-0.1, -0.05) is 6.07 Å². The Morgan fingerprint density at radius 1 is 1.59 bits per heavy atom. The van der Waals surface area contributed by atoms with Crippen LogP contribution in [0.1, 0.15) is 29.0 Å². The SMILES string of the molecule is CN(Cc1cccc(C(=O)NN)n1)CC1CC1. The second-order valence-electron chi connectivity index (χ2n) is 4.63. The molecule has 1 aliphatic rings. The van der Waals surface area contributed by atoms with Gasteiger partial charge in [0.15, 0.2) is 0 Å². The van der Waals surface area contributed by atoms with Crippen molar-refractivity contribution in [3.05, 3.63) is 29.6 Å². The normalized spacial score (nSPS) is 15.0. The Morgan fingerprint density at radius 2 is 2.35 bits per heavy atom. The van der Waals surface area contributed by atoms with Crippen molar-refractivity contribution in [3.63, 3.8) is 0 Å². The summed E-state index contributed by atoms with van der Waals surface area (Å²) in [6, 6.07) is 5.42. The first-order valence-electron chi connectivity index (χ1n) is 5.84.